The molecule has 0 spiro atoms. The average molecular weight is 297 g/mol. The van der Waals surface area contributed by atoms with E-state index in [-0.39, 0.29) is 13.1 Å². The van der Waals surface area contributed by atoms with Crippen molar-refractivity contribution in [2.45, 2.75) is 38.1 Å². The molecule has 116 valence electrons. The first-order valence-electron chi connectivity index (χ1n) is 7.09. The monoisotopic (exact) mass is 297 g/mol. The van der Waals surface area contributed by atoms with Gasteiger partial charge in [0.25, 0.3) is 5.91 Å². The van der Waals surface area contributed by atoms with Crippen molar-refractivity contribution in [3.05, 3.63) is 0 Å². The molecule has 8 nitrogen and oxygen atoms in total. The van der Waals surface area contributed by atoms with Crippen molar-refractivity contribution in [2.24, 2.45) is 5.92 Å². The SMILES string of the molecule is O=C(CN1C(=O)CNC1=O)NC1CCCCCC1C(=O)O. The molecule has 0 aromatic heterocycles. The van der Waals surface area contributed by atoms with Gasteiger partial charge in [-0.15, -0.1) is 0 Å². The van der Waals surface area contributed by atoms with E-state index in [0.717, 1.165) is 24.2 Å². The molecule has 3 N–H and O–H groups in total. The lowest BCUT2D eigenvalue weighted by atomic mass is 9.95. The fraction of sp³-hybridized carbons (Fsp3) is 0.692. The van der Waals surface area contributed by atoms with E-state index in [0.29, 0.717) is 12.8 Å². The number of amides is 4. The van der Waals surface area contributed by atoms with Gasteiger partial charge in [-0.05, 0) is 12.8 Å². The molecule has 0 radical (unpaired) electrons. The number of imide groups is 1. The van der Waals surface area contributed by atoms with E-state index >= 15 is 0 Å². The summed E-state index contributed by atoms with van der Waals surface area (Å²) in [4.78, 5) is 46.8. The van der Waals surface area contributed by atoms with Gasteiger partial charge in [-0.2, -0.15) is 0 Å². The van der Waals surface area contributed by atoms with Gasteiger partial charge in [0.2, 0.25) is 5.91 Å². The number of nitrogens with zero attached hydrogens (tertiary/aromatic N) is 1. The minimum atomic E-state index is -0.919. The third kappa shape index (κ3) is 3.71. The molecule has 1 aliphatic heterocycles. The van der Waals surface area contributed by atoms with Gasteiger partial charge in [-0.1, -0.05) is 19.3 Å². The molecule has 1 aliphatic carbocycles. The first kappa shape index (κ1) is 15.3. The maximum atomic E-state index is 12.0. The molecule has 4 amide bonds. The summed E-state index contributed by atoms with van der Waals surface area (Å²) in [5.74, 6) is -2.49. The zero-order chi connectivity index (χ0) is 15.4. The first-order valence-corrected chi connectivity index (χ1v) is 7.09. The van der Waals surface area contributed by atoms with E-state index < -0.39 is 35.8 Å². The Hall–Kier alpha value is -2.12. The van der Waals surface area contributed by atoms with E-state index in [1.165, 1.54) is 0 Å². The fourth-order valence-corrected chi connectivity index (χ4v) is 2.79. The highest BCUT2D eigenvalue weighted by atomic mass is 16.4. The second-order valence-electron chi connectivity index (χ2n) is 5.40. The molecule has 0 aromatic carbocycles. The summed E-state index contributed by atoms with van der Waals surface area (Å²) in [5.41, 5.74) is 0. The summed E-state index contributed by atoms with van der Waals surface area (Å²) in [7, 11) is 0. The zero-order valence-corrected chi connectivity index (χ0v) is 11.6. The highest BCUT2D eigenvalue weighted by Gasteiger charge is 2.33. The van der Waals surface area contributed by atoms with Crippen LogP contribution in [0.4, 0.5) is 4.79 Å². The second-order valence-corrected chi connectivity index (χ2v) is 5.40. The minimum absolute atomic E-state index is 0.104. The van der Waals surface area contributed by atoms with Crippen LogP contribution in [0, 0.1) is 5.92 Å². The van der Waals surface area contributed by atoms with Gasteiger partial charge in [0.1, 0.15) is 6.54 Å². The molecule has 2 rings (SSSR count). The van der Waals surface area contributed by atoms with Crippen molar-refractivity contribution in [2.75, 3.05) is 13.1 Å². The topological polar surface area (TPSA) is 116 Å². The molecule has 2 fully saturated rings. The Morgan fingerprint density at radius 1 is 1.24 bits per heavy atom. The van der Waals surface area contributed by atoms with Gasteiger partial charge < -0.3 is 15.7 Å². The van der Waals surface area contributed by atoms with E-state index in [9.17, 15) is 24.3 Å². The summed E-state index contributed by atoms with van der Waals surface area (Å²) in [6.07, 6.45) is 3.77. The summed E-state index contributed by atoms with van der Waals surface area (Å²) < 4.78 is 0. The summed E-state index contributed by atoms with van der Waals surface area (Å²) in [5, 5.41) is 14.2. The Morgan fingerprint density at radius 3 is 2.57 bits per heavy atom. The number of urea groups is 1. The van der Waals surface area contributed by atoms with E-state index in [1.54, 1.807) is 0 Å². The van der Waals surface area contributed by atoms with Gasteiger partial charge in [0, 0.05) is 6.04 Å². The zero-order valence-electron chi connectivity index (χ0n) is 11.6. The lowest BCUT2D eigenvalue weighted by Crippen LogP contribution is -2.48. The molecular weight excluding hydrogens is 278 g/mol. The van der Waals surface area contributed by atoms with Crippen molar-refractivity contribution in [3.63, 3.8) is 0 Å². The van der Waals surface area contributed by atoms with Crippen LogP contribution in [0.2, 0.25) is 0 Å². The Kier molecular flexibility index (Phi) is 4.77. The summed E-state index contributed by atoms with van der Waals surface area (Å²) in [6.45, 7) is -0.471. The quantitative estimate of drug-likeness (QED) is 0.486. The van der Waals surface area contributed by atoms with E-state index in [4.69, 9.17) is 0 Å². The largest absolute Gasteiger partial charge is 0.481 e. The number of carboxylic acids is 1. The summed E-state index contributed by atoms with van der Waals surface area (Å²) in [6, 6.07) is -1.04. The van der Waals surface area contributed by atoms with Crippen LogP contribution in [0.3, 0.4) is 0 Å². The van der Waals surface area contributed by atoms with Crippen molar-refractivity contribution in [1.29, 1.82) is 0 Å². The lowest BCUT2D eigenvalue weighted by molar-refractivity contribution is -0.143. The van der Waals surface area contributed by atoms with Gasteiger partial charge in [-0.3, -0.25) is 19.3 Å². The second kappa shape index (κ2) is 6.55. The number of hydrogen-bond acceptors (Lipinski definition) is 4. The third-order valence-corrected chi connectivity index (χ3v) is 3.92. The Morgan fingerprint density at radius 2 is 1.95 bits per heavy atom. The normalized spacial score (nSPS) is 26.2. The Bertz CT molecular complexity index is 449. The predicted molar refractivity (Wildman–Crippen MR) is 71.3 cm³/mol. The number of rotatable bonds is 4. The van der Waals surface area contributed by atoms with Crippen LogP contribution in [0.15, 0.2) is 0 Å². The van der Waals surface area contributed by atoms with Crippen molar-refractivity contribution in [1.82, 2.24) is 15.5 Å². The molecule has 0 aromatic rings. The number of carbonyl (C=O) groups excluding carboxylic acids is 3. The van der Waals surface area contributed by atoms with Crippen LogP contribution in [0.5, 0.6) is 0 Å². The number of carboxylic acid groups (broad SMARTS) is 1. The maximum absolute atomic E-state index is 12.0. The number of hydrogen-bond donors (Lipinski definition) is 3. The Balaban J connectivity index is 1.95. The van der Waals surface area contributed by atoms with Crippen molar-refractivity contribution in [3.8, 4) is 0 Å². The van der Waals surface area contributed by atoms with Crippen molar-refractivity contribution < 1.29 is 24.3 Å². The fourth-order valence-electron chi connectivity index (χ4n) is 2.79. The molecule has 1 saturated heterocycles. The van der Waals surface area contributed by atoms with Gasteiger partial charge in [-0.25, -0.2) is 4.79 Å². The molecule has 2 unspecified atom stereocenters. The maximum Gasteiger partial charge on any atom is 0.325 e. The molecule has 1 saturated carbocycles. The third-order valence-electron chi connectivity index (χ3n) is 3.92. The van der Waals surface area contributed by atoms with Crippen LogP contribution < -0.4 is 10.6 Å². The standard InChI is InChI=1S/C13H19N3O5/c17-10(7-16-11(18)6-14-13(16)21)15-9-5-3-1-2-4-8(9)12(19)20/h8-9H,1-7H2,(H,14,21)(H,15,17)(H,19,20). The molecule has 0 bridgehead atoms. The van der Waals surface area contributed by atoms with Crippen molar-refractivity contribution >= 4 is 23.8 Å². The number of nitrogens with one attached hydrogen (secondary N) is 2. The molecule has 8 heteroatoms. The van der Waals surface area contributed by atoms with Crippen LogP contribution in [0.1, 0.15) is 32.1 Å². The number of aliphatic carboxylic acids is 1. The molecule has 21 heavy (non-hydrogen) atoms. The van der Waals surface area contributed by atoms with Gasteiger partial charge in [0.15, 0.2) is 0 Å². The van der Waals surface area contributed by atoms with Crippen LogP contribution in [-0.4, -0.2) is 53.0 Å². The van der Waals surface area contributed by atoms with Gasteiger partial charge >= 0.3 is 12.0 Å². The minimum Gasteiger partial charge on any atom is -0.481 e. The smallest absolute Gasteiger partial charge is 0.325 e. The molecular formula is C13H19N3O5. The lowest BCUT2D eigenvalue weighted by Gasteiger charge is -2.23. The van der Waals surface area contributed by atoms with E-state index in [1.807, 2.05) is 0 Å². The van der Waals surface area contributed by atoms with E-state index in [2.05, 4.69) is 10.6 Å². The van der Waals surface area contributed by atoms with Crippen LogP contribution in [-0.2, 0) is 14.4 Å². The predicted octanol–water partition coefficient (Wildman–Crippen LogP) is -0.312. The highest BCUT2D eigenvalue weighted by molar-refractivity contribution is 6.04. The summed E-state index contributed by atoms with van der Waals surface area (Å²) >= 11 is 0. The molecule has 1 heterocycles. The molecule has 2 aliphatic rings. The van der Waals surface area contributed by atoms with Crippen LogP contribution in [0.25, 0.3) is 0 Å². The number of carbonyl (C=O) groups is 4. The van der Waals surface area contributed by atoms with Gasteiger partial charge in [0.05, 0.1) is 12.5 Å². The van der Waals surface area contributed by atoms with Crippen LogP contribution >= 0.6 is 0 Å². The average Bonchev–Trinajstić information content (AvgIpc) is 2.66. The first-order chi connectivity index (χ1) is 9.99. The molecule has 2 atom stereocenters. The Labute approximate surface area is 121 Å². The highest BCUT2D eigenvalue weighted by Crippen LogP contribution is 2.23.